The van der Waals surface area contributed by atoms with Gasteiger partial charge in [0.2, 0.25) is 5.91 Å². The lowest BCUT2D eigenvalue weighted by atomic mass is 9.89. The number of carbonyl (C=O) groups excluding carboxylic acids is 1. The van der Waals surface area contributed by atoms with E-state index in [1.54, 1.807) is 0 Å². The van der Waals surface area contributed by atoms with Gasteiger partial charge in [-0.1, -0.05) is 19.3 Å². The van der Waals surface area contributed by atoms with Gasteiger partial charge in [0, 0.05) is 49.4 Å². The maximum absolute atomic E-state index is 12.6. The Morgan fingerprint density at radius 3 is 2.30 bits per heavy atom. The van der Waals surface area contributed by atoms with Crippen LogP contribution in [0.5, 0.6) is 0 Å². The summed E-state index contributed by atoms with van der Waals surface area (Å²) in [4.78, 5) is 26.4. The van der Waals surface area contributed by atoms with Crippen molar-refractivity contribution in [2.24, 2.45) is 5.92 Å². The van der Waals surface area contributed by atoms with Crippen LogP contribution in [0, 0.1) is 5.92 Å². The molecule has 0 atom stereocenters. The lowest BCUT2D eigenvalue weighted by molar-refractivity contribution is -0.141. The summed E-state index contributed by atoms with van der Waals surface area (Å²) < 4.78 is 5.35. The van der Waals surface area contributed by atoms with E-state index < -0.39 is 0 Å². The van der Waals surface area contributed by atoms with Crippen LogP contribution in [0.4, 0.5) is 0 Å². The van der Waals surface area contributed by atoms with Crippen molar-refractivity contribution >= 4 is 5.91 Å². The first kappa shape index (κ1) is 18.8. The van der Waals surface area contributed by atoms with Gasteiger partial charge in [-0.05, 0) is 38.8 Å². The molecule has 4 rings (SSSR count). The van der Waals surface area contributed by atoms with Crippen molar-refractivity contribution in [3.8, 4) is 0 Å². The Hall–Kier alpha value is -1.53. The third-order valence-electron chi connectivity index (χ3n) is 6.36. The van der Waals surface area contributed by atoms with Gasteiger partial charge >= 0.3 is 0 Å². The van der Waals surface area contributed by atoms with Crippen molar-refractivity contribution in [2.45, 2.75) is 57.4 Å². The van der Waals surface area contributed by atoms with Gasteiger partial charge in [0.05, 0.1) is 13.2 Å². The van der Waals surface area contributed by atoms with Crippen LogP contribution >= 0.6 is 0 Å². The average Bonchev–Trinajstić information content (AvgIpc) is 2.76. The minimum absolute atomic E-state index is 0.185. The van der Waals surface area contributed by atoms with Gasteiger partial charge in [0.15, 0.2) is 0 Å². The molecule has 3 aliphatic rings. The maximum atomic E-state index is 12.6. The van der Waals surface area contributed by atoms with E-state index in [1.165, 1.54) is 37.7 Å². The van der Waals surface area contributed by atoms with E-state index in [2.05, 4.69) is 14.9 Å². The van der Waals surface area contributed by atoms with Gasteiger partial charge in [0.25, 0.3) is 0 Å². The minimum atomic E-state index is 0.185. The zero-order chi connectivity index (χ0) is 18.5. The van der Waals surface area contributed by atoms with E-state index in [0.717, 1.165) is 51.4 Å². The van der Waals surface area contributed by atoms with Crippen LogP contribution in [-0.2, 0) is 16.1 Å². The molecule has 0 bridgehead atoms. The molecule has 0 N–H and O–H groups in total. The summed E-state index contributed by atoms with van der Waals surface area (Å²) in [6.45, 7) is 5.72. The highest BCUT2D eigenvalue weighted by atomic mass is 16.5. The van der Waals surface area contributed by atoms with E-state index in [4.69, 9.17) is 4.74 Å². The molecule has 0 radical (unpaired) electrons. The Labute approximate surface area is 162 Å². The Balaban J connectivity index is 1.24. The summed E-state index contributed by atoms with van der Waals surface area (Å²) in [5.74, 6) is 2.12. The number of likely N-dealkylation sites (tertiary alicyclic amines) is 1. The third-order valence-corrected chi connectivity index (χ3v) is 6.36. The number of rotatable bonds is 4. The van der Waals surface area contributed by atoms with Crippen molar-refractivity contribution in [1.29, 1.82) is 0 Å². The third kappa shape index (κ3) is 4.85. The molecule has 6 nitrogen and oxygen atoms in total. The van der Waals surface area contributed by atoms with Crippen LogP contribution in [0.15, 0.2) is 12.4 Å². The summed E-state index contributed by atoms with van der Waals surface area (Å²) >= 11 is 0. The van der Waals surface area contributed by atoms with Crippen LogP contribution in [0.1, 0.15) is 62.3 Å². The van der Waals surface area contributed by atoms with Crippen molar-refractivity contribution in [2.75, 3.05) is 39.4 Å². The highest BCUT2D eigenvalue weighted by Crippen LogP contribution is 2.30. The van der Waals surface area contributed by atoms with Crippen molar-refractivity contribution in [3.63, 3.8) is 0 Å². The standard InChI is InChI=1S/C21H32N4O2/c26-21(25-10-12-27-13-11-25)19-6-8-24(9-7-19)16-17-14-22-20(23-15-17)18-4-2-1-3-5-18/h14-15,18-19H,1-13,16H2. The van der Waals surface area contributed by atoms with Crippen LogP contribution in [-0.4, -0.2) is 65.1 Å². The molecule has 3 fully saturated rings. The van der Waals surface area contributed by atoms with Crippen molar-refractivity contribution < 1.29 is 9.53 Å². The fourth-order valence-electron chi connectivity index (χ4n) is 4.66. The molecule has 2 aliphatic heterocycles. The summed E-state index contributed by atoms with van der Waals surface area (Å²) in [7, 11) is 0. The topological polar surface area (TPSA) is 58.6 Å². The molecule has 148 valence electrons. The molecule has 1 aromatic heterocycles. The molecule has 0 unspecified atom stereocenters. The summed E-state index contributed by atoms with van der Waals surface area (Å²) in [6, 6.07) is 0. The number of hydrogen-bond acceptors (Lipinski definition) is 5. The molecular weight excluding hydrogens is 340 g/mol. The Kier molecular flexibility index (Phi) is 6.35. The van der Waals surface area contributed by atoms with Crippen molar-refractivity contribution in [1.82, 2.24) is 19.8 Å². The summed E-state index contributed by atoms with van der Waals surface area (Å²) in [5.41, 5.74) is 1.19. The SMILES string of the molecule is O=C(C1CCN(Cc2cnc(C3CCCCC3)nc2)CC1)N1CCOCC1. The zero-order valence-corrected chi connectivity index (χ0v) is 16.3. The first-order valence-electron chi connectivity index (χ1n) is 10.7. The van der Waals surface area contributed by atoms with Crippen LogP contribution in [0.2, 0.25) is 0 Å². The summed E-state index contributed by atoms with van der Waals surface area (Å²) in [5, 5.41) is 0. The van der Waals surface area contributed by atoms with Gasteiger partial charge in [-0.25, -0.2) is 9.97 Å². The second-order valence-corrected chi connectivity index (χ2v) is 8.27. The minimum Gasteiger partial charge on any atom is -0.378 e. The van der Waals surface area contributed by atoms with Gasteiger partial charge < -0.3 is 9.64 Å². The molecule has 1 aromatic rings. The first-order chi connectivity index (χ1) is 13.3. The molecule has 0 spiro atoms. The molecule has 2 saturated heterocycles. The van der Waals surface area contributed by atoms with Crippen LogP contribution < -0.4 is 0 Å². The molecule has 27 heavy (non-hydrogen) atoms. The normalized spacial score (nSPS) is 23.5. The Morgan fingerprint density at radius 1 is 0.963 bits per heavy atom. The van der Waals surface area contributed by atoms with Gasteiger partial charge in [-0.2, -0.15) is 0 Å². The molecule has 1 aliphatic carbocycles. The fourth-order valence-corrected chi connectivity index (χ4v) is 4.66. The number of hydrogen-bond donors (Lipinski definition) is 0. The number of carbonyl (C=O) groups is 1. The second-order valence-electron chi connectivity index (χ2n) is 8.27. The maximum Gasteiger partial charge on any atom is 0.225 e. The first-order valence-corrected chi connectivity index (χ1v) is 10.7. The van der Waals surface area contributed by atoms with E-state index in [0.29, 0.717) is 25.0 Å². The van der Waals surface area contributed by atoms with Gasteiger partial charge in [-0.15, -0.1) is 0 Å². The number of aromatic nitrogens is 2. The lowest BCUT2D eigenvalue weighted by Gasteiger charge is -2.35. The number of piperidine rings is 1. The molecule has 6 heteroatoms. The lowest BCUT2D eigenvalue weighted by Crippen LogP contribution is -2.46. The smallest absolute Gasteiger partial charge is 0.225 e. The Bertz CT molecular complexity index is 601. The zero-order valence-electron chi connectivity index (χ0n) is 16.3. The molecule has 1 saturated carbocycles. The van der Waals surface area contributed by atoms with Crippen LogP contribution in [0.3, 0.4) is 0 Å². The second kappa shape index (κ2) is 9.11. The molecule has 1 amide bonds. The van der Waals surface area contributed by atoms with Gasteiger partial charge in [0.1, 0.15) is 5.82 Å². The molecule has 0 aromatic carbocycles. The predicted octanol–water partition coefficient (Wildman–Crippen LogP) is 2.60. The fraction of sp³-hybridized carbons (Fsp3) is 0.762. The van der Waals surface area contributed by atoms with Crippen molar-refractivity contribution in [3.05, 3.63) is 23.8 Å². The number of amides is 1. The van der Waals surface area contributed by atoms with Crippen LogP contribution in [0.25, 0.3) is 0 Å². The number of nitrogens with zero attached hydrogens (tertiary/aromatic N) is 4. The highest BCUT2D eigenvalue weighted by molar-refractivity contribution is 5.79. The van der Waals surface area contributed by atoms with E-state index >= 15 is 0 Å². The quantitative estimate of drug-likeness (QED) is 0.813. The largest absolute Gasteiger partial charge is 0.378 e. The highest BCUT2D eigenvalue weighted by Gasteiger charge is 2.29. The van der Waals surface area contributed by atoms with E-state index in [1.807, 2.05) is 17.3 Å². The van der Waals surface area contributed by atoms with Gasteiger partial charge in [-0.3, -0.25) is 9.69 Å². The molecule has 3 heterocycles. The summed E-state index contributed by atoms with van der Waals surface area (Å²) in [6.07, 6.45) is 12.4. The monoisotopic (exact) mass is 372 g/mol. The number of morpholine rings is 1. The van der Waals surface area contributed by atoms with E-state index in [9.17, 15) is 4.79 Å². The Morgan fingerprint density at radius 2 is 1.63 bits per heavy atom. The van der Waals surface area contributed by atoms with E-state index in [-0.39, 0.29) is 5.92 Å². The molecular formula is C21H32N4O2. The average molecular weight is 373 g/mol. The predicted molar refractivity (Wildman–Crippen MR) is 103 cm³/mol. The number of ether oxygens (including phenoxy) is 1.